The van der Waals surface area contributed by atoms with Crippen molar-refractivity contribution in [2.75, 3.05) is 11.9 Å². The number of nitrogens with one attached hydrogen (secondary N) is 1. The van der Waals surface area contributed by atoms with E-state index in [0.717, 1.165) is 27.1 Å². The minimum Gasteiger partial charge on any atom is -0.462 e. The van der Waals surface area contributed by atoms with Crippen molar-refractivity contribution in [1.29, 1.82) is 0 Å². The fraction of sp³-hybridized carbons (Fsp3) is 0.292. The maximum Gasteiger partial charge on any atom is 0.338 e. The Bertz CT molecular complexity index is 1080. The Hall–Kier alpha value is -2.86. The standard InChI is InChI=1S/C24H26N2O3S/c1-5-20(23(27)25-18-11-8-10-17(14-18)24(28)29-6-2)30-21-13-16(4)19-12-7-9-15(3)22(19)26-21/h7-14,20H,5-6H2,1-4H3,(H,25,27). The Morgan fingerprint density at radius 2 is 1.83 bits per heavy atom. The van der Waals surface area contributed by atoms with Crippen LogP contribution in [0.15, 0.2) is 53.6 Å². The number of hydrogen-bond donors (Lipinski definition) is 1. The third-order valence-electron chi connectivity index (χ3n) is 4.79. The van der Waals surface area contributed by atoms with Gasteiger partial charge in [0.1, 0.15) is 0 Å². The van der Waals surface area contributed by atoms with Crippen molar-refractivity contribution in [1.82, 2.24) is 4.98 Å². The van der Waals surface area contributed by atoms with Crippen LogP contribution in [0.3, 0.4) is 0 Å². The van der Waals surface area contributed by atoms with Crippen molar-refractivity contribution >= 4 is 40.2 Å². The highest BCUT2D eigenvalue weighted by Crippen LogP contribution is 2.30. The van der Waals surface area contributed by atoms with Crippen LogP contribution < -0.4 is 5.32 Å². The van der Waals surface area contributed by atoms with Gasteiger partial charge in [0.2, 0.25) is 5.91 Å². The molecule has 2 aromatic carbocycles. The van der Waals surface area contributed by atoms with Crippen LogP contribution in [0.2, 0.25) is 0 Å². The molecule has 0 radical (unpaired) electrons. The number of aromatic nitrogens is 1. The molecule has 30 heavy (non-hydrogen) atoms. The number of para-hydroxylation sites is 1. The second-order valence-corrected chi connectivity index (χ2v) is 8.28. The third-order valence-corrected chi connectivity index (χ3v) is 6.07. The molecule has 0 aliphatic rings. The normalized spacial score (nSPS) is 11.9. The molecule has 0 saturated carbocycles. The topological polar surface area (TPSA) is 68.3 Å². The molecule has 6 heteroatoms. The predicted octanol–water partition coefficient (Wildman–Crippen LogP) is 5.54. The second-order valence-electron chi connectivity index (χ2n) is 7.05. The molecule has 156 valence electrons. The van der Waals surface area contributed by atoms with E-state index >= 15 is 0 Å². The molecule has 5 nitrogen and oxygen atoms in total. The highest BCUT2D eigenvalue weighted by atomic mass is 32.2. The molecule has 1 atom stereocenters. The van der Waals surface area contributed by atoms with E-state index in [1.165, 1.54) is 11.8 Å². The lowest BCUT2D eigenvalue weighted by Gasteiger charge is -2.16. The molecule has 0 spiro atoms. The molecule has 1 unspecified atom stereocenters. The molecule has 1 amide bonds. The van der Waals surface area contributed by atoms with Gasteiger partial charge in [0.15, 0.2) is 0 Å². The van der Waals surface area contributed by atoms with Gasteiger partial charge in [-0.15, -0.1) is 0 Å². The van der Waals surface area contributed by atoms with E-state index in [-0.39, 0.29) is 11.2 Å². The summed E-state index contributed by atoms with van der Waals surface area (Å²) in [6.07, 6.45) is 0.653. The number of hydrogen-bond acceptors (Lipinski definition) is 5. The first-order valence-electron chi connectivity index (χ1n) is 10.0. The number of ether oxygens (including phenoxy) is 1. The van der Waals surface area contributed by atoms with E-state index in [4.69, 9.17) is 9.72 Å². The average molecular weight is 423 g/mol. The molecule has 3 rings (SSSR count). The van der Waals surface area contributed by atoms with Crippen molar-refractivity contribution in [2.45, 2.75) is 44.4 Å². The lowest BCUT2D eigenvalue weighted by molar-refractivity contribution is -0.115. The molecular formula is C24H26N2O3S. The molecular weight excluding hydrogens is 396 g/mol. The van der Waals surface area contributed by atoms with Gasteiger partial charge in [-0.05, 0) is 62.6 Å². The number of fused-ring (bicyclic) bond motifs is 1. The number of thioether (sulfide) groups is 1. The number of rotatable bonds is 7. The van der Waals surface area contributed by atoms with E-state index in [2.05, 4.69) is 18.3 Å². The van der Waals surface area contributed by atoms with Crippen LogP contribution in [0, 0.1) is 13.8 Å². The Balaban J connectivity index is 1.77. The van der Waals surface area contributed by atoms with Gasteiger partial charge in [-0.25, -0.2) is 9.78 Å². The summed E-state index contributed by atoms with van der Waals surface area (Å²) in [5.41, 5.74) is 4.22. The number of benzene rings is 2. The van der Waals surface area contributed by atoms with Crippen molar-refractivity contribution in [2.24, 2.45) is 0 Å². The maximum atomic E-state index is 12.9. The fourth-order valence-electron chi connectivity index (χ4n) is 3.22. The smallest absolute Gasteiger partial charge is 0.338 e. The number of carbonyl (C=O) groups is 2. The predicted molar refractivity (Wildman–Crippen MR) is 122 cm³/mol. The van der Waals surface area contributed by atoms with Gasteiger partial charge in [0, 0.05) is 11.1 Å². The zero-order valence-corrected chi connectivity index (χ0v) is 18.5. The molecule has 0 saturated heterocycles. The number of pyridine rings is 1. The number of nitrogens with zero attached hydrogens (tertiary/aromatic N) is 1. The molecule has 0 fully saturated rings. The van der Waals surface area contributed by atoms with Gasteiger partial charge in [-0.3, -0.25) is 4.79 Å². The zero-order valence-electron chi connectivity index (χ0n) is 17.7. The maximum absolute atomic E-state index is 12.9. The highest BCUT2D eigenvalue weighted by molar-refractivity contribution is 8.00. The van der Waals surface area contributed by atoms with Crippen LogP contribution in [0.5, 0.6) is 0 Å². The van der Waals surface area contributed by atoms with Crippen molar-refractivity contribution in [3.05, 3.63) is 65.2 Å². The molecule has 1 aromatic heterocycles. The first kappa shape index (κ1) is 21.8. The minimum absolute atomic E-state index is 0.118. The largest absolute Gasteiger partial charge is 0.462 e. The molecule has 0 bridgehead atoms. The lowest BCUT2D eigenvalue weighted by Crippen LogP contribution is -2.24. The molecule has 0 aliphatic heterocycles. The summed E-state index contributed by atoms with van der Waals surface area (Å²) in [4.78, 5) is 29.6. The minimum atomic E-state index is -0.402. The number of carbonyl (C=O) groups excluding carboxylic acids is 2. The van der Waals surface area contributed by atoms with Crippen LogP contribution in [0.1, 0.15) is 41.8 Å². The monoisotopic (exact) mass is 422 g/mol. The number of esters is 1. The van der Waals surface area contributed by atoms with Crippen LogP contribution >= 0.6 is 11.8 Å². The fourth-order valence-corrected chi connectivity index (χ4v) is 4.23. The average Bonchev–Trinajstić information content (AvgIpc) is 2.73. The number of aryl methyl sites for hydroxylation is 2. The van der Waals surface area contributed by atoms with E-state index < -0.39 is 5.97 Å². The van der Waals surface area contributed by atoms with E-state index in [0.29, 0.717) is 24.3 Å². The highest BCUT2D eigenvalue weighted by Gasteiger charge is 2.20. The molecule has 1 heterocycles. The molecule has 1 N–H and O–H groups in total. The summed E-state index contributed by atoms with van der Waals surface area (Å²) >= 11 is 1.46. The van der Waals surface area contributed by atoms with Crippen molar-refractivity contribution in [3.63, 3.8) is 0 Å². The number of anilines is 1. The Morgan fingerprint density at radius 1 is 1.07 bits per heavy atom. The quantitative estimate of drug-likeness (QED) is 0.400. The van der Waals surface area contributed by atoms with Gasteiger partial charge < -0.3 is 10.1 Å². The summed E-state index contributed by atoms with van der Waals surface area (Å²) < 4.78 is 5.03. The van der Waals surface area contributed by atoms with Gasteiger partial charge in [-0.1, -0.05) is 43.0 Å². The first-order chi connectivity index (χ1) is 14.4. The summed E-state index contributed by atoms with van der Waals surface area (Å²) in [5, 5.41) is 4.58. The van der Waals surface area contributed by atoms with Gasteiger partial charge in [-0.2, -0.15) is 0 Å². The third kappa shape index (κ3) is 5.00. The van der Waals surface area contributed by atoms with Gasteiger partial charge in [0.25, 0.3) is 0 Å². The van der Waals surface area contributed by atoms with Gasteiger partial charge >= 0.3 is 5.97 Å². The van der Waals surface area contributed by atoms with E-state index in [1.54, 1.807) is 31.2 Å². The van der Waals surface area contributed by atoms with Crippen molar-refractivity contribution < 1.29 is 14.3 Å². The molecule has 0 aliphatic carbocycles. The zero-order chi connectivity index (χ0) is 21.7. The van der Waals surface area contributed by atoms with Crippen LogP contribution in [-0.2, 0) is 9.53 Å². The van der Waals surface area contributed by atoms with Crippen molar-refractivity contribution in [3.8, 4) is 0 Å². The SMILES string of the molecule is CCOC(=O)c1cccc(NC(=O)C(CC)Sc2cc(C)c3cccc(C)c3n2)c1. The Kier molecular flexibility index (Phi) is 7.11. The van der Waals surface area contributed by atoms with Gasteiger partial charge in [0.05, 0.1) is 28.0 Å². The van der Waals surface area contributed by atoms with E-state index in [1.807, 2.05) is 32.0 Å². The summed E-state index contributed by atoms with van der Waals surface area (Å²) in [7, 11) is 0. The summed E-state index contributed by atoms with van der Waals surface area (Å²) in [6.45, 7) is 8.16. The van der Waals surface area contributed by atoms with Crippen LogP contribution in [0.4, 0.5) is 5.69 Å². The Labute approximate surface area is 181 Å². The lowest BCUT2D eigenvalue weighted by atomic mass is 10.1. The van der Waals surface area contributed by atoms with E-state index in [9.17, 15) is 9.59 Å². The number of amides is 1. The van der Waals surface area contributed by atoms with Crippen LogP contribution in [-0.4, -0.2) is 28.7 Å². The molecule has 3 aromatic rings. The first-order valence-corrected chi connectivity index (χ1v) is 10.9. The Morgan fingerprint density at radius 3 is 2.57 bits per heavy atom. The summed E-state index contributed by atoms with van der Waals surface area (Å²) in [6, 6.07) is 15.0. The second kappa shape index (κ2) is 9.76. The van der Waals surface area contributed by atoms with Crippen LogP contribution in [0.25, 0.3) is 10.9 Å². The summed E-state index contributed by atoms with van der Waals surface area (Å²) in [5.74, 6) is -0.519.